The van der Waals surface area contributed by atoms with Gasteiger partial charge in [-0.1, -0.05) is 36.1 Å². The van der Waals surface area contributed by atoms with Gasteiger partial charge >= 0.3 is 5.97 Å². The molecule has 0 aliphatic rings. The molecule has 178 valence electrons. The Morgan fingerprint density at radius 3 is 2.51 bits per heavy atom. The second-order valence-electron chi connectivity index (χ2n) is 7.22. The zero-order valence-electron chi connectivity index (χ0n) is 18.9. The molecule has 0 atom stereocenters. The van der Waals surface area contributed by atoms with E-state index >= 15 is 0 Å². The number of carboxylic acids is 1. The van der Waals surface area contributed by atoms with Crippen LogP contribution in [0.15, 0.2) is 87.9 Å². The molecule has 0 spiro atoms. The Kier molecular flexibility index (Phi) is 7.69. The van der Waals surface area contributed by atoms with Gasteiger partial charge in [0.2, 0.25) is 0 Å². The smallest absolute Gasteiger partial charge is 0.354 e. The minimum atomic E-state index is -4.08. The third-order valence-electron chi connectivity index (χ3n) is 4.85. The van der Waals surface area contributed by atoms with Gasteiger partial charge in [-0.15, -0.1) is 0 Å². The monoisotopic (exact) mass is 492 g/mol. The lowest BCUT2D eigenvalue weighted by Gasteiger charge is -2.13. The second-order valence-corrected chi connectivity index (χ2v) is 8.87. The lowest BCUT2D eigenvalue weighted by atomic mass is 10.1. The number of nitrogens with one attached hydrogen (secondary N) is 1. The molecule has 0 aromatic heterocycles. The molecule has 7 nitrogen and oxygen atoms in total. The van der Waals surface area contributed by atoms with Crippen molar-refractivity contribution in [1.29, 1.82) is 0 Å². The van der Waals surface area contributed by atoms with E-state index in [1.54, 1.807) is 37.3 Å². The molecule has 3 rings (SSSR count). The molecule has 0 heterocycles. The quantitative estimate of drug-likeness (QED) is 0.214. The molecule has 0 bridgehead atoms. The molecule has 3 aromatic carbocycles. The van der Waals surface area contributed by atoms with Gasteiger partial charge in [-0.05, 0) is 61.7 Å². The molecule has 0 aliphatic heterocycles. The van der Waals surface area contributed by atoms with Crippen LogP contribution in [0.1, 0.15) is 12.5 Å². The van der Waals surface area contributed by atoms with Gasteiger partial charge < -0.3 is 9.84 Å². The first-order valence-electron chi connectivity index (χ1n) is 10.1. The van der Waals surface area contributed by atoms with Crippen LogP contribution >= 0.6 is 0 Å². The number of halogens is 1. The lowest BCUT2D eigenvalue weighted by molar-refractivity contribution is -0.132. The first kappa shape index (κ1) is 25.2. The summed E-state index contributed by atoms with van der Waals surface area (Å²) in [6.07, 6.45) is 2.64. The fourth-order valence-corrected chi connectivity index (χ4v) is 4.46. The highest BCUT2D eigenvalue weighted by atomic mass is 32.2. The number of allylic oxidation sites excluding steroid dienone is 3. The zero-order chi connectivity index (χ0) is 25.6. The van der Waals surface area contributed by atoms with Crippen molar-refractivity contribution in [2.45, 2.75) is 11.8 Å². The van der Waals surface area contributed by atoms with Crippen LogP contribution in [0.25, 0.3) is 10.8 Å². The molecular weight excluding hydrogens is 471 g/mol. The van der Waals surface area contributed by atoms with Crippen molar-refractivity contribution in [1.82, 2.24) is 0 Å². The van der Waals surface area contributed by atoms with E-state index in [1.165, 1.54) is 31.4 Å². The van der Waals surface area contributed by atoms with E-state index in [9.17, 15) is 17.6 Å². The van der Waals surface area contributed by atoms with E-state index in [-0.39, 0.29) is 21.8 Å². The molecule has 0 saturated carbocycles. The molecule has 0 aliphatic carbocycles. The maximum Gasteiger partial charge on any atom is 0.354 e. The SMILES string of the molecule is C=N/C(=C\C=C(/C)C#Cc1cc(F)ccc1NS(=O)(=O)c1ccc(OC)c2ccccc12)C(=O)O. The number of carboxylic acid groups (broad SMARTS) is 1. The number of aliphatic imine (C=N–C) groups is 1. The van der Waals surface area contributed by atoms with E-state index in [2.05, 4.69) is 28.3 Å². The topological polar surface area (TPSA) is 105 Å². The van der Waals surface area contributed by atoms with Gasteiger partial charge in [-0.3, -0.25) is 9.71 Å². The predicted octanol–water partition coefficient (Wildman–Crippen LogP) is 4.76. The summed E-state index contributed by atoms with van der Waals surface area (Å²) in [4.78, 5) is 14.4. The number of nitrogens with zero attached hydrogens (tertiary/aromatic N) is 1. The van der Waals surface area contributed by atoms with Crippen LogP contribution in [0.4, 0.5) is 10.1 Å². The van der Waals surface area contributed by atoms with Crippen LogP contribution in [0, 0.1) is 17.7 Å². The highest BCUT2D eigenvalue weighted by molar-refractivity contribution is 7.93. The molecule has 0 radical (unpaired) electrons. The number of carbonyl (C=O) groups is 1. The molecule has 2 N–H and O–H groups in total. The summed E-state index contributed by atoms with van der Waals surface area (Å²) in [6.45, 7) is 4.79. The summed E-state index contributed by atoms with van der Waals surface area (Å²) in [5.41, 5.74) is 0.355. The third kappa shape index (κ3) is 5.93. The van der Waals surface area contributed by atoms with Gasteiger partial charge in [-0.25, -0.2) is 17.6 Å². The summed E-state index contributed by atoms with van der Waals surface area (Å²) in [5, 5.41) is 10.1. The van der Waals surface area contributed by atoms with Crippen molar-refractivity contribution >= 4 is 39.2 Å². The standard InChI is InChI=1S/C26H21FN2O5S/c1-17(9-12-23(28-2)26(30)31)8-10-18-16-19(27)11-13-22(18)29-35(32,33)25-15-14-24(34-3)20-6-4-5-7-21(20)25/h4-7,9,11-16,29H,2H2,1,3H3,(H,30,31)/b17-9+,23-12-. The van der Waals surface area contributed by atoms with E-state index in [0.29, 0.717) is 22.1 Å². The number of benzene rings is 3. The first-order valence-corrected chi connectivity index (χ1v) is 11.6. The summed E-state index contributed by atoms with van der Waals surface area (Å²) < 4.78 is 48.3. The Balaban J connectivity index is 2.01. The number of methoxy groups -OCH3 is 1. The predicted molar refractivity (Wildman–Crippen MR) is 134 cm³/mol. The summed E-state index contributed by atoms with van der Waals surface area (Å²) in [5.74, 6) is 4.16. The minimum absolute atomic E-state index is 0.0245. The van der Waals surface area contributed by atoms with Gasteiger partial charge in [0.1, 0.15) is 17.3 Å². The molecular formula is C26H21FN2O5S. The Morgan fingerprint density at radius 1 is 1.14 bits per heavy atom. The second kappa shape index (κ2) is 10.7. The lowest BCUT2D eigenvalue weighted by Crippen LogP contribution is -2.14. The van der Waals surface area contributed by atoms with Gasteiger partial charge in [0.05, 0.1) is 23.3 Å². The summed E-state index contributed by atoms with van der Waals surface area (Å²) in [6, 6.07) is 13.4. The van der Waals surface area contributed by atoms with Crippen LogP contribution in [0.5, 0.6) is 5.75 Å². The van der Waals surface area contributed by atoms with E-state index in [1.807, 2.05) is 0 Å². The van der Waals surface area contributed by atoms with Crippen LogP contribution in [-0.2, 0) is 14.8 Å². The number of anilines is 1. The first-order chi connectivity index (χ1) is 16.7. The van der Waals surface area contributed by atoms with E-state index in [4.69, 9.17) is 9.84 Å². The highest BCUT2D eigenvalue weighted by Gasteiger charge is 2.20. The molecule has 0 unspecified atom stereocenters. The van der Waals surface area contributed by atoms with Crippen molar-refractivity contribution in [2.75, 3.05) is 11.8 Å². The minimum Gasteiger partial charge on any atom is -0.496 e. The summed E-state index contributed by atoms with van der Waals surface area (Å²) >= 11 is 0. The average molecular weight is 493 g/mol. The van der Waals surface area contributed by atoms with Gasteiger partial charge in [0.25, 0.3) is 10.0 Å². The molecule has 3 aromatic rings. The van der Waals surface area contributed by atoms with Crippen LogP contribution in [0.3, 0.4) is 0 Å². The van der Waals surface area contributed by atoms with Crippen LogP contribution in [-0.4, -0.2) is 33.3 Å². The zero-order valence-corrected chi connectivity index (χ0v) is 19.7. The van der Waals surface area contributed by atoms with Crippen LogP contribution in [0.2, 0.25) is 0 Å². The number of fused-ring (bicyclic) bond motifs is 1. The van der Waals surface area contributed by atoms with Gasteiger partial charge in [-0.2, -0.15) is 0 Å². The number of hydrogen-bond donors (Lipinski definition) is 2. The van der Waals surface area contributed by atoms with Crippen molar-refractivity contribution in [3.05, 3.63) is 89.4 Å². The highest BCUT2D eigenvalue weighted by Crippen LogP contribution is 2.32. The normalized spacial score (nSPS) is 12.0. The molecule has 35 heavy (non-hydrogen) atoms. The number of aliphatic carboxylic acids is 1. The largest absolute Gasteiger partial charge is 0.496 e. The van der Waals surface area contributed by atoms with Crippen molar-refractivity contribution < 1.29 is 27.4 Å². The Morgan fingerprint density at radius 2 is 1.86 bits per heavy atom. The van der Waals surface area contributed by atoms with Gasteiger partial charge in [0.15, 0.2) is 0 Å². The molecule has 0 fully saturated rings. The number of sulfonamides is 1. The van der Waals surface area contributed by atoms with Crippen molar-refractivity contribution in [3.63, 3.8) is 0 Å². The fraction of sp³-hybridized carbons (Fsp3) is 0.0769. The average Bonchev–Trinajstić information content (AvgIpc) is 2.83. The maximum absolute atomic E-state index is 13.9. The maximum atomic E-state index is 13.9. The van der Waals surface area contributed by atoms with Crippen molar-refractivity contribution in [2.24, 2.45) is 4.99 Å². The molecule has 9 heteroatoms. The van der Waals surface area contributed by atoms with E-state index < -0.39 is 21.8 Å². The molecule has 0 amide bonds. The number of rotatable bonds is 7. The summed E-state index contributed by atoms with van der Waals surface area (Å²) in [7, 11) is -2.58. The Hall–Kier alpha value is -4.42. The van der Waals surface area contributed by atoms with Crippen molar-refractivity contribution in [3.8, 4) is 17.6 Å². The number of hydrogen-bond acceptors (Lipinski definition) is 5. The fourth-order valence-electron chi connectivity index (χ4n) is 3.17. The van der Waals surface area contributed by atoms with E-state index in [0.717, 1.165) is 12.1 Å². The number of ether oxygens (including phenoxy) is 1. The molecule has 0 saturated heterocycles. The third-order valence-corrected chi connectivity index (χ3v) is 6.28. The van der Waals surface area contributed by atoms with Gasteiger partial charge in [0, 0.05) is 10.8 Å². The van der Waals surface area contributed by atoms with Crippen LogP contribution < -0.4 is 9.46 Å². The Labute approximate surface area is 202 Å². The Bertz CT molecular complexity index is 1550.